The van der Waals surface area contributed by atoms with Crippen molar-refractivity contribution in [3.8, 4) is 0 Å². The van der Waals surface area contributed by atoms with Gasteiger partial charge in [0, 0.05) is 23.1 Å². The first-order valence-electron chi connectivity index (χ1n) is 7.75. The third-order valence-corrected chi connectivity index (χ3v) is 4.12. The van der Waals surface area contributed by atoms with Crippen LogP contribution in [0.25, 0.3) is 0 Å². The number of benzene rings is 1. The molecule has 7 heteroatoms. The maximum Gasteiger partial charge on any atom is 1.00 e. The van der Waals surface area contributed by atoms with Crippen molar-refractivity contribution in [1.82, 2.24) is 5.43 Å². The van der Waals surface area contributed by atoms with Crippen molar-refractivity contribution in [2.75, 3.05) is 0 Å². The van der Waals surface area contributed by atoms with Crippen molar-refractivity contribution in [2.24, 2.45) is 5.10 Å². The molecule has 0 aliphatic heterocycles. The van der Waals surface area contributed by atoms with Gasteiger partial charge >= 0.3 is 51.4 Å². The number of aryl methyl sites for hydroxylation is 2. The van der Waals surface area contributed by atoms with Crippen LogP contribution in [-0.4, -0.2) is 17.6 Å². The largest absolute Gasteiger partial charge is 1.00 e. The van der Waals surface area contributed by atoms with Crippen molar-refractivity contribution in [3.63, 3.8) is 0 Å². The second kappa shape index (κ2) is 8.42. The van der Waals surface area contributed by atoms with Crippen molar-refractivity contribution < 1.29 is 70.5 Å². The Hall–Kier alpha value is -1.25. The molecule has 1 heterocycles. The summed E-state index contributed by atoms with van der Waals surface area (Å²) in [6.45, 7) is 3.61. The molecule has 0 unspecified atom stereocenters. The smallest absolute Gasteiger partial charge is 0.542 e. The Kier molecular flexibility index (Phi) is 6.76. The first-order valence-corrected chi connectivity index (χ1v) is 7.75. The molecule has 1 amide bonds. The molecule has 0 saturated heterocycles. The van der Waals surface area contributed by atoms with Gasteiger partial charge in [0.25, 0.3) is 5.91 Å². The zero-order valence-electron chi connectivity index (χ0n) is 14.5. The van der Waals surface area contributed by atoms with E-state index in [0.29, 0.717) is 41.0 Å². The topological polar surface area (TPSA) is 94.7 Å². The van der Waals surface area contributed by atoms with Gasteiger partial charge in [-0.1, -0.05) is 17.7 Å². The number of nitrogens with zero attached hydrogens (tertiary/aromatic N) is 1. The summed E-state index contributed by atoms with van der Waals surface area (Å²) in [7, 11) is 0. The predicted octanol–water partition coefficient (Wildman–Crippen LogP) is -1.27. The average molecular weight is 364 g/mol. The Balaban J connectivity index is 0.00000225. The van der Waals surface area contributed by atoms with Gasteiger partial charge in [-0.25, -0.2) is 5.43 Å². The molecule has 3 rings (SSSR count). The third kappa shape index (κ3) is 4.29. The van der Waals surface area contributed by atoms with E-state index in [1.165, 1.54) is 0 Å². The molecule has 0 radical (unpaired) electrons. The number of nitrogens with one attached hydrogen (secondary N) is 1. The Bertz CT molecular complexity index is 838. The first kappa shape index (κ1) is 20.1. The molecule has 0 fully saturated rings. The van der Waals surface area contributed by atoms with Gasteiger partial charge in [0.1, 0.15) is 11.7 Å². The molecule has 25 heavy (non-hydrogen) atoms. The maximum atomic E-state index is 12.2. The van der Waals surface area contributed by atoms with Crippen LogP contribution in [-0.2, 0) is 6.42 Å². The summed E-state index contributed by atoms with van der Waals surface area (Å²) in [5, 5.41) is 15.3. The van der Waals surface area contributed by atoms with Crippen molar-refractivity contribution in [1.29, 1.82) is 0 Å². The van der Waals surface area contributed by atoms with Crippen LogP contribution in [0, 0.1) is 13.8 Å². The number of hydrogen-bond acceptors (Lipinski definition) is 5. The molecule has 0 atom stereocenters. The molecular weight excluding hydrogens is 347 g/mol. The summed E-state index contributed by atoms with van der Waals surface area (Å²) in [5.74, 6) is -1.23. The third-order valence-electron chi connectivity index (χ3n) is 4.12. The SMILES string of the molecule is Cc1ccc(C(=O)N/N=C2\CCCc3oc(C(=O)[O-])c(C)c32)cc1.[K+]. The van der Waals surface area contributed by atoms with E-state index in [4.69, 9.17) is 4.42 Å². The first-order chi connectivity index (χ1) is 11.5. The van der Waals surface area contributed by atoms with Crippen molar-refractivity contribution in [2.45, 2.75) is 33.1 Å². The standard InChI is InChI=1S/C18H18N2O4.K/c1-10-6-8-12(9-7-10)17(21)20-19-13-4-3-5-14-15(13)11(2)16(24-14)18(22)23;/h6-9H,3-5H2,1-2H3,(H,20,21)(H,22,23);/q;+1/p-1/b19-13+;. The minimum Gasteiger partial charge on any atom is -0.542 e. The van der Waals surface area contributed by atoms with E-state index in [1.54, 1.807) is 19.1 Å². The summed E-state index contributed by atoms with van der Waals surface area (Å²) in [6, 6.07) is 7.17. The quantitative estimate of drug-likeness (QED) is 0.543. The fraction of sp³-hybridized carbons (Fsp3) is 0.278. The van der Waals surface area contributed by atoms with Crippen molar-refractivity contribution in [3.05, 3.63) is 58.0 Å². The maximum absolute atomic E-state index is 12.2. The normalized spacial score (nSPS) is 14.6. The summed E-state index contributed by atoms with van der Waals surface area (Å²) >= 11 is 0. The number of hydrogen-bond donors (Lipinski definition) is 1. The zero-order chi connectivity index (χ0) is 17.3. The number of carbonyl (C=O) groups excluding carboxylic acids is 2. The predicted molar refractivity (Wildman–Crippen MR) is 85.9 cm³/mol. The molecule has 2 aromatic rings. The van der Waals surface area contributed by atoms with Crippen LogP contribution in [0.1, 0.15) is 56.2 Å². The molecule has 0 saturated carbocycles. The molecule has 1 aliphatic rings. The zero-order valence-corrected chi connectivity index (χ0v) is 17.6. The summed E-state index contributed by atoms with van der Waals surface area (Å²) in [4.78, 5) is 23.3. The monoisotopic (exact) mass is 364 g/mol. The van der Waals surface area contributed by atoms with E-state index in [0.717, 1.165) is 12.0 Å². The Morgan fingerprint density at radius 1 is 1.16 bits per heavy atom. The molecule has 1 aromatic heterocycles. The van der Waals surface area contributed by atoms with Gasteiger partial charge in [-0.2, -0.15) is 5.10 Å². The van der Waals surface area contributed by atoms with Crippen LogP contribution in [0.3, 0.4) is 0 Å². The second-order valence-electron chi connectivity index (χ2n) is 5.86. The molecule has 1 aliphatic carbocycles. The van der Waals surface area contributed by atoms with Gasteiger partial charge in [0.05, 0.1) is 5.71 Å². The molecule has 1 aromatic carbocycles. The number of rotatable bonds is 3. The Morgan fingerprint density at radius 3 is 2.48 bits per heavy atom. The van der Waals surface area contributed by atoms with Gasteiger partial charge in [-0.05, 0) is 38.8 Å². The molecule has 0 spiro atoms. The fourth-order valence-electron chi connectivity index (χ4n) is 2.86. The van der Waals surface area contributed by atoms with E-state index in [-0.39, 0.29) is 63.1 Å². The van der Waals surface area contributed by atoms with Crippen LogP contribution in [0.5, 0.6) is 0 Å². The minimum atomic E-state index is -1.34. The minimum absolute atomic E-state index is 0. The van der Waals surface area contributed by atoms with Crippen LogP contribution < -0.4 is 61.9 Å². The number of fused-ring (bicyclic) bond motifs is 1. The van der Waals surface area contributed by atoms with Gasteiger partial charge in [-0.3, -0.25) is 4.79 Å². The van der Waals surface area contributed by atoms with Crippen LogP contribution in [0.2, 0.25) is 0 Å². The van der Waals surface area contributed by atoms with E-state index in [2.05, 4.69) is 10.5 Å². The fourth-order valence-corrected chi connectivity index (χ4v) is 2.86. The summed E-state index contributed by atoms with van der Waals surface area (Å²) < 4.78 is 5.38. The Labute approximate surface area is 188 Å². The van der Waals surface area contributed by atoms with E-state index >= 15 is 0 Å². The van der Waals surface area contributed by atoms with Gasteiger partial charge in [0.2, 0.25) is 0 Å². The number of aromatic carboxylic acids is 1. The number of carboxylic acids is 1. The van der Waals surface area contributed by atoms with E-state index in [9.17, 15) is 14.7 Å². The summed E-state index contributed by atoms with van der Waals surface area (Å²) in [5.41, 5.74) is 5.92. The molecular formula is C18H17KN2O4. The van der Waals surface area contributed by atoms with Crippen LogP contribution in [0.4, 0.5) is 0 Å². The van der Waals surface area contributed by atoms with E-state index in [1.807, 2.05) is 19.1 Å². The molecule has 1 N–H and O–H groups in total. The molecule has 0 bridgehead atoms. The number of carboxylic acid groups (broad SMARTS) is 1. The second-order valence-corrected chi connectivity index (χ2v) is 5.86. The van der Waals surface area contributed by atoms with Gasteiger partial charge in [0.15, 0.2) is 5.76 Å². The molecule has 6 nitrogen and oxygen atoms in total. The summed E-state index contributed by atoms with van der Waals surface area (Å²) in [6.07, 6.45) is 2.08. The van der Waals surface area contributed by atoms with Crippen molar-refractivity contribution >= 4 is 17.6 Å². The number of furan rings is 1. The molecule has 124 valence electrons. The number of carbonyl (C=O) groups is 2. The van der Waals surface area contributed by atoms with Crippen LogP contribution >= 0.6 is 0 Å². The van der Waals surface area contributed by atoms with Crippen LogP contribution in [0.15, 0.2) is 33.8 Å². The average Bonchev–Trinajstić information content (AvgIpc) is 2.91. The number of hydrazone groups is 1. The Morgan fingerprint density at radius 2 is 1.84 bits per heavy atom. The van der Waals surface area contributed by atoms with Gasteiger partial charge in [-0.15, -0.1) is 0 Å². The van der Waals surface area contributed by atoms with Gasteiger partial charge < -0.3 is 14.3 Å². The number of amides is 1. The van der Waals surface area contributed by atoms with E-state index < -0.39 is 5.97 Å².